The van der Waals surface area contributed by atoms with Crippen LogP contribution in [0.3, 0.4) is 0 Å². The first-order valence-corrected chi connectivity index (χ1v) is 7.63. The van der Waals surface area contributed by atoms with Crippen molar-refractivity contribution in [3.05, 3.63) is 47.7 Å². The first-order valence-electron chi connectivity index (χ1n) is 7.63. The molecule has 1 atom stereocenters. The Bertz CT molecular complexity index is 737. The summed E-state index contributed by atoms with van der Waals surface area (Å²) in [6.07, 6.45) is 0. The van der Waals surface area contributed by atoms with Crippen LogP contribution in [-0.2, 0) is 11.3 Å². The fourth-order valence-electron chi connectivity index (χ4n) is 2.73. The normalized spacial score (nSPS) is 17.4. The predicted molar refractivity (Wildman–Crippen MR) is 85.6 cm³/mol. The lowest BCUT2D eigenvalue weighted by Gasteiger charge is -2.31. The largest absolute Gasteiger partial charge is 0.481 e. The second-order valence-electron chi connectivity index (χ2n) is 6.09. The molecule has 0 spiro atoms. The number of hydrogen-bond donors (Lipinski definition) is 1. The molecule has 1 N–H and O–H groups in total. The van der Waals surface area contributed by atoms with E-state index in [0.717, 1.165) is 11.3 Å². The Morgan fingerprint density at radius 2 is 2.04 bits per heavy atom. The van der Waals surface area contributed by atoms with Crippen molar-refractivity contribution in [1.29, 1.82) is 0 Å². The van der Waals surface area contributed by atoms with E-state index in [4.69, 9.17) is 0 Å². The van der Waals surface area contributed by atoms with E-state index in [0.29, 0.717) is 12.4 Å². The summed E-state index contributed by atoms with van der Waals surface area (Å²) in [6.45, 7) is 4.69. The molecule has 23 heavy (non-hydrogen) atoms. The van der Waals surface area contributed by atoms with Gasteiger partial charge in [0.25, 0.3) is 5.91 Å². The molecule has 6 nitrogen and oxygen atoms in total. The number of aliphatic carboxylic acids is 1. The maximum atomic E-state index is 12.4. The number of anilines is 1. The lowest BCUT2D eigenvalue weighted by Crippen LogP contribution is -2.46. The highest BCUT2D eigenvalue weighted by Gasteiger charge is 2.38. The Morgan fingerprint density at radius 3 is 2.65 bits per heavy atom. The van der Waals surface area contributed by atoms with Crippen LogP contribution in [0.5, 0.6) is 0 Å². The fraction of sp³-hybridized carbons (Fsp3) is 0.353. The van der Waals surface area contributed by atoms with E-state index in [-0.39, 0.29) is 12.5 Å². The lowest BCUT2D eigenvalue weighted by molar-refractivity contribution is -0.140. The molecule has 1 aliphatic heterocycles. The Labute approximate surface area is 134 Å². The van der Waals surface area contributed by atoms with Crippen molar-refractivity contribution in [3.8, 4) is 0 Å². The minimum atomic E-state index is -1.11. The molecule has 6 heteroatoms. The molecule has 1 aliphatic rings. The molecule has 0 saturated heterocycles. The van der Waals surface area contributed by atoms with E-state index in [9.17, 15) is 14.7 Å². The zero-order valence-electron chi connectivity index (χ0n) is 13.1. The zero-order valence-corrected chi connectivity index (χ0v) is 13.1. The van der Waals surface area contributed by atoms with E-state index in [1.54, 1.807) is 0 Å². The van der Waals surface area contributed by atoms with Crippen molar-refractivity contribution < 1.29 is 14.7 Å². The van der Waals surface area contributed by atoms with Crippen molar-refractivity contribution in [2.75, 3.05) is 11.4 Å². The molecule has 0 saturated carbocycles. The number of aromatic nitrogens is 2. The molecule has 2 heterocycles. The molecule has 1 aromatic carbocycles. The molecule has 0 radical (unpaired) electrons. The summed E-state index contributed by atoms with van der Waals surface area (Å²) in [6, 6.07) is 11.7. The second kappa shape index (κ2) is 5.87. The smallest absolute Gasteiger partial charge is 0.317 e. The molecule has 120 valence electrons. The predicted octanol–water partition coefficient (Wildman–Crippen LogP) is 2.37. The van der Waals surface area contributed by atoms with Gasteiger partial charge in [-0.05, 0) is 11.5 Å². The number of nitrogens with zero attached hydrogens (tertiary/aromatic N) is 3. The Kier molecular flexibility index (Phi) is 3.90. The Hall–Kier alpha value is -2.63. The maximum Gasteiger partial charge on any atom is 0.317 e. The average molecular weight is 313 g/mol. The number of carbonyl (C=O) groups is 2. The fourth-order valence-corrected chi connectivity index (χ4v) is 2.73. The lowest BCUT2D eigenvalue weighted by atomic mass is 10.1. The van der Waals surface area contributed by atoms with Gasteiger partial charge in [0, 0.05) is 19.2 Å². The van der Waals surface area contributed by atoms with Crippen LogP contribution in [-0.4, -0.2) is 33.3 Å². The Morgan fingerprint density at radius 1 is 1.35 bits per heavy atom. The number of rotatable bonds is 4. The molecule has 0 fully saturated rings. The highest BCUT2D eigenvalue weighted by molar-refractivity contribution is 6.01. The highest BCUT2D eigenvalue weighted by Crippen LogP contribution is 2.28. The molecule has 0 amide bonds. The third-order valence-electron chi connectivity index (χ3n) is 4.05. The maximum absolute atomic E-state index is 12.4. The van der Waals surface area contributed by atoms with Gasteiger partial charge in [-0.25, -0.2) is 0 Å². The summed E-state index contributed by atoms with van der Waals surface area (Å²) >= 11 is 0. The van der Waals surface area contributed by atoms with Crippen molar-refractivity contribution in [3.63, 3.8) is 0 Å². The van der Waals surface area contributed by atoms with Crippen molar-refractivity contribution in [1.82, 2.24) is 9.78 Å². The van der Waals surface area contributed by atoms with Gasteiger partial charge in [0.05, 0.1) is 5.69 Å². The van der Waals surface area contributed by atoms with Crippen molar-refractivity contribution >= 4 is 17.7 Å². The summed E-state index contributed by atoms with van der Waals surface area (Å²) in [7, 11) is 0. The van der Waals surface area contributed by atoms with Crippen LogP contribution in [0.25, 0.3) is 0 Å². The number of fused-ring (bicyclic) bond motifs is 1. The molecule has 0 bridgehead atoms. The molecule has 3 rings (SSSR count). The van der Waals surface area contributed by atoms with Gasteiger partial charge in [0.15, 0.2) is 5.92 Å². The minimum absolute atomic E-state index is 0.159. The zero-order chi connectivity index (χ0) is 16.6. The van der Waals surface area contributed by atoms with Crippen molar-refractivity contribution in [2.45, 2.75) is 26.3 Å². The van der Waals surface area contributed by atoms with E-state index in [2.05, 4.69) is 5.10 Å². The standard InChI is InChI=1S/C17H19N3O3/c1-11(2)14-8-15-19(9-12-6-4-3-5-7-12)10-13(17(22)23)16(21)20(15)18-14/h3-8,11,13H,9-10H2,1-2H3,(H,22,23). The van der Waals surface area contributed by atoms with Gasteiger partial charge in [0.2, 0.25) is 0 Å². The highest BCUT2D eigenvalue weighted by atomic mass is 16.4. The number of hydrogen-bond acceptors (Lipinski definition) is 4. The van der Waals surface area contributed by atoms with Gasteiger partial charge in [-0.1, -0.05) is 44.2 Å². The van der Waals surface area contributed by atoms with Gasteiger partial charge < -0.3 is 10.0 Å². The number of carbonyl (C=O) groups excluding carboxylic acids is 1. The summed E-state index contributed by atoms with van der Waals surface area (Å²) in [5.41, 5.74) is 1.85. The third kappa shape index (κ3) is 2.84. The molecule has 1 unspecified atom stereocenters. The summed E-state index contributed by atoms with van der Waals surface area (Å²) in [5, 5.41) is 13.7. The minimum Gasteiger partial charge on any atom is -0.481 e. The second-order valence-corrected chi connectivity index (χ2v) is 6.09. The molecule has 0 aliphatic carbocycles. The van der Waals surface area contributed by atoms with Crippen LogP contribution in [0.1, 0.15) is 35.8 Å². The SMILES string of the molecule is CC(C)c1cc2n(n1)C(=O)C(C(=O)O)CN2Cc1ccccc1. The summed E-state index contributed by atoms with van der Waals surface area (Å²) < 4.78 is 1.25. The van der Waals surface area contributed by atoms with E-state index in [1.807, 2.05) is 55.1 Å². The quantitative estimate of drug-likeness (QED) is 0.877. The van der Waals surface area contributed by atoms with Gasteiger partial charge >= 0.3 is 5.97 Å². The van der Waals surface area contributed by atoms with Crippen LogP contribution < -0.4 is 4.90 Å². The van der Waals surface area contributed by atoms with Crippen molar-refractivity contribution in [2.24, 2.45) is 5.92 Å². The van der Waals surface area contributed by atoms with Crippen LogP contribution in [0, 0.1) is 5.92 Å². The summed E-state index contributed by atoms with van der Waals surface area (Å²) in [4.78, 5) is 25.7. The van der Waals surface area contributed by atoms with E-state index < -0.39 is 17.8 Å². The van der Waals surface area contributed by atoms with Crippen LogP contribution in [0.15, 0.2) is 36.4 Å². The molecular weight excluding hydrogens is 294 g/mol. The van der Waals surface area contributed by atoms with E-state index in [1.165, 1.54) is 4.68 Å². The number of carboxylic acid groups (broad SMARTS) is 1. The first kappa shape index (κ1) is 15.3. The third-order valence-corrected chi connectivity index (χ3v) is 4.05. The monoisotopic (exact) mass is 313 g/mol. The van der Waals surface area contributed by atoms with Gasteiger partial charge in [-0.2, -0.15) is 9.78 Å². The van der Waals surface area contributed by atoms with Crippen LogP contribution in [0.4, 0.5) is 5.82 Å². The van der Waals surface area contributed by atoms with Crippen LogP contribution in [0.2, 0.25) is 0 Å². The first-order chi connectivity index (χ1) is 11.0. The summed E-state index contributed by atoms with van der Waals surface area (Å²) in [5.74, 6) is -1.84. The van der Waals surface area contributed by atoms with Gasteiger partial charge in [-0.3, -0.25) is 9.59 Å². The Balaban J connectivity index is 2.00. The van der Waals surface area contributed by atoms with Crippen LogP contribution >= 0.6 is 0 Å². The van der Waals surface area contributed by atoms with Gasteiger partial charge in [0.1, 0.15) is 5.82 Å². The molecule has 2 aromatic rings. The number of benzene rings is 1. The average Bonchev–Trinajstić information content (AvgIpc) is 2.97. The molecule has 1 aromatic heterocycles. The number of carboxylic acids is 1. The molecular formula is C17H19N3O3. The topological polar surface area (TPSA) is 75.4 Å². The van der Waals surface area contributed by atoms with Gasteiger partial charge in [-0.15, -0.1) is 0 Å². The van der Waals surface area contributed by atoms with E-state index >= 15 is 0 Å².